The van der Waals surface area contributed by atoms with Gasteiger partial charge in [-0.05, 0) is 74.7 Å². The summed E-state index contributed by atoms with van der Waals surface area (Å²) in [5, 5.41) is 0. The van der Waals surface area contributed by atoms with E-state index in [0.29, 0.717) is 20.3 Å². The lowest BCUT2D eigenvalue weighted by atomic mass is 10.1. The first kappa shape index (κ1) is 18.5. The summed E-state index contributed by atoms with van der Waals surface area (Å²) in [5.41, 5.74) is 2.68. The number of cyclic esters (lactones) is 1. The van der Waals surface area contributed by atoms with Crippen LogP contribution in [0.4, 0.5) is 0 Å². The molecule has 0 bridgehead atoms. The van der Waals surface area contributed by atoms with E-state index in [0.717, 1.165) is 11.1 Å². The Kier molecular flexibility index (Phi) is 5.38. The van der Waals surface area contributed by atoms with Crippen LogP contribution >= 0.6 is 31.9 Å². The molecule has 26 heavy (non-hydrogen) atoms. The minimum absolute atomic E-state index is 0.195. The van der Waals surface area contributed by atoms with E-state index >= 15 is 0 Å². The summed E-state index contributed by atoms with van der Waals surface area (Å²) in [4.78, 5) is 27.6. The van der Waals surface area contributed by atoms with E-state index in [1.807, 2.05) is 31.2 Å². The van der Waals surface area contributed by atoms with Gasteiger partial charge in [0.05, 0.1) is 8.95 Å². The van der Waals surface area contributed by atoms with Crippen LogP contribution in [0.5, 0.6) is 5.75 Å². The van der Waals surface area contributed by atoms with Crippen molar-refractivity contribution in [3.8, 4) is 5.75 Å². The molecule has 7 heteroatoms. The van der Waals surface area contributed by atoms with Crippen molar-refractivity contribution in [3.63, 3.8) is 0 Å². The zero-order valence-electron chi connectivity index (χ0n) is 13.9. The Morgan fingerprint density at radius 3 is 2.50 bits per heavy atom. The molecule has 0 spiro atoms. The second kappa shape index (κ2) is 7.55. The third kappa shape index (κ3) is 4.11. The van der Waals surface area contributed by atoms with Crippen LogP contribution in [0.3, 0.4) is 0 Å². The molecule has 1 aliphatic heterocycles. The summed E-state index contributed by atoms with van der Waals surface area (Å²) >= 11 is 6.72. The van der Waals surface area contributed by atoms with E-state index in [-0.39, 0.29) is 11.6 Å². The van der Waals surface area contributed by atoms with Crippen LogP contribution in [-0.4, -0.2) is 17.8 Å². The summed E-state index contributed by atoms with van der Waals surface area (Å²) in [6.07, 6.45) is 1.61. The van der Waals surface area contributed by atoms with Gasteiger partial charge in [0.1, 0.15) is 0 Å². The van der Waals surface area contributed by atoms with Gasteiger partial charge in [-0.15, -0.1) is 0 Å². The van der Waals surface area contributed by atoms with Gasteiger partial charge in [-0.25, -0.2) is 9.79 Å². The number of carbonyl (C=O) groups excluding carboxylic acids is 2. The molecule has 0 unspecified atom stereocenters. The largest absolute Gasteiger partial charge is 0.424 e. The molecule has 2 aromatic carbocycles. The van der Waals surface area contributed by atoms with Crippen LogP contribution in [0, 0.1) is 6.92 Å². The van der Waals surface area contributed by atoms with Crippen molar-refractivity contribution in [1.82, 2.24) is 0 Å². The van der Waals surface area contributed by atoms with Crippen molar-refractivity contribution in [1.29, 1.82) is 0 Å². The van der Waals surface area contributed by atoms with Gasteiger partial charge in [-0.1, -0.05) is 17.7 Å². The third-order valence-electron chi connectivity index (χ3n) is 3.46. The number of hydrogen-bond donors (Lipinski definition) is 0. The van der Waals surface area contributed by atoms with E-state index in [4.69, 9.17) is 9.47 Å². The fraction of sp³-hybridized carbons (Fsp3) is 0.105. The number of rotatable bonds is 3. The smallest absolute Gasteiger partial charge is 0.363 e. The zero-order chi connectivity index (χ0) is 18.8. The molecule has 3 rings (SSSR count). The Balaban J connectivity index is 1.94. The van der Waals surface area contributed by atoms with Gasteiger partial charge in [-0.2, -0.15) is 0 Å². The van der Waals surface area contributed by atoms with Crippen molar-refractivity contribution in [2.24, 2.45) is 4.99 Å². The first-order valence-electron chi connectivity index (χ1n) is 7.60. The zero-order valence-corrected chi connectivity index (χ0v) is 17.0. The first-order valence-corrected chi connectivity index (χ1v) is 9.19. The molecule has 1 heterocycles. The lowest BCUT2D eigenvalue weighted by Crippen LogP contribution is -2.05. The number of aryl methyl sites for hydroxylation is 1. The van der Waals surface area contributed by atoms with Crippen LogP contribution < -0.4 is 4.74 Å². The van der Waals surface area contributed by atoms with Crippen LogP contribution in [0.1, 0.15) is 23.6 Å². The number of hydrogen-bond acceptors (Lipinski definition) is 5. The maximum atomic E-state index is 12.1. The highest BCUT2D eigenvalue weighted by atomic mass is 79.9. The summed E-state index contributed by atoms with van der Waals surface area (Å²) in [6.45, 7) is 3.28. The monoisotopic (exact) mass is 477 g/mol. The Hall–Kier alpha value is -2.25. The van der Waals surface area contributed by atoms with Crippen LogP contribution in [0.25, 0.3) is 6.08 Å². The Morgan fingerprint density at radius 2 is 1.88 bits per heavy atom. The van der Waals surface area contributed by atoms with E-state index in [2.05, 4.69) is 36.9 Å². The standard InChI is InChI=1S/C19H13Br2NO4/c1-10-4-3-5-13(6-10)18-22-16(19(24)26-18)9-12-7-14(20)17(15(21)8-12)25-11(2)23/h3-9H,1-2H3. The fourth-order valence-electron chi connectivity index (χ4n) is 2.37. The molecule has 0 atom stereocenters. The molecular formula is C19H13Br2NO4. The molecule has 0 saturated carbocycles. The number of ether oxygens (including phenoxy) is 2. The molecule has 1 aliphatic rings. The van der Waals surface area contributed by atoms with Gasteiger partial charge in [0.15, 0.2) is 11.4 Å². The van der Waals surface area contributed by atoms with Gasteiger partial charge in [0.2, 0.25) is 5.90 Å². The SMILES string of the molecule is CC(=O)Oc1c(Br)cc(C=C2N=C(c3cccc(C)c3)OC2=O)cc1Br. The van der Waals surface area contributed by atoms with Crippen molar-refractivity contribution in [2.45, 2.75) is 13.8 Å². The third-order valence-corrected chi connectivity index (χ3v) is 4.63. The van der Waals surface area contributed by atoms with Crippen molar-refractivity contribution in [3.05, 3.63) is 67.7 Å². The topological polar surface area (TPSA) is 65.0 Å². The quantitative estimate of drug-likeness (QED) is 0.361. The van der Waals surface area contributed by atoms with Crippen molar-refractivity contribution >= 4 is 55.8 Å². The maximum Gasteiger partial charge on any atom is 0.363 e. The Morgan fingerprint density at radius 1 is 1.19 bits per heavy atom. The van der Waals surface area contributed by atoms with Crippen molar-refractivity contribution in [2.75, 3.05) is 0 Å². The molecular weight excluding hydrogens is 466 g/mol. The summed E-state index contributed by atoms with van der Waals surface area (Å²) in [6, 6.07) is 11.0. The van der Waals surface area contributed by atoms with E-state index < -0.39 is 11.9 Å². The average Bonchev–Trinajstić information content (AvgIpc) is 2.92. The van der Waals surface area contributed by atoms with Crippen LogP contribution in [0.2, 0.25) is 0 Å². The molecule has 0 radical (unpaired) electrons. The van der Waals surface area contributed by atoms with E-state index in [1.165, 1.54) is 6.92 Å². The summed E-state index contributed by atoms with van der Waals surface area (Å²) in [7, 11) is 0. The summed E-state index contributed by atoms with van der Waals surface area (Å²) < 4.78 is 11.6. The minimum Gasteiger partial charge on any atom is -0.424 e. The van der Waals surface area contributed by atoms with Gasteiger partial charge < -0.3 is 9.47 Å². The van der Waals surface area contributed by atoms with Crippen LogP contribution in [0.15, 0.2) is 56.0 Å². The van der Waals surface area contributed by atoms with E-state index in [9.17, 15) is 9.59 Å². The van der Waals surface area contributed by atoms with E-state index in [1.54, 1.807) is 18.2 Å². The Bertz CT molecular complexity index is 956. The lowest BCUT2D eigenvalue weighted by Gasteiger charge is -2.08. The predicted octanol–water partition coefficient (Wildman–Crippen LogP) is 4.79. The van der Waals surface area contributed by atoms with Crippen molar-refractivity contribution < 1.29 is 19.1 Å². The minimum atomic E-state index is -0.516. The molecule has 2 aromatic rings. The van der Waals surface area contributed by atoms with Gasteiger partial charge in [-0.3, -0.25) is 4.79 Å². The fourth-order valence-corrected chi connectivity index (χ4v) is 3.76. The first-order chi connectivity index (χ1) is 12.3. The predicted molar refractivity (Wildman–Crippen MR) is 105 cm³/mol. The molecule has 0 fully saturated rings. The average molecular weight is 479 g/mol. The highest BCUT2D eigenvalue weighted by Gasteiger charge is 2.24. The molecule has 5 nitrogen and oxygen atoms in total. The molecule has 0 amide bonds. The number of aliphatic imine (C=N–C) groups is 1. The highest BCUT2D eigenvalue weighted by molar-refractivity contribution is 9.11. The number of benzene rings is 2. The summed E-state index contributed by atoms with van der Waals surface area (Å²) in [5.74, 6) is -0.292. The normalized spacial score (nSPS) is 15.0. The number of carbonyl (C=O) groups is 2. The second-order valence-corrected chi connectivity index (χ2v) is 7.32. The van der Waals surface area contributed by atoms with Gasteiger partial charge in [0, 0.05) is 12.5 Å². The molecule has 0 aromatic heterocycles. The molecule has 0 N–H and O–H groups in total. The molecule has 0 saturated heterocycles. The lowest BCUT2D eigenvalue weighted by molar-refractivity contribution is -0.132. The Labute approximate surface area is 167 Å². The number of nitrogens with zero attached hydrogens (tertiary/aromatic N) is 1. The van der Waals surface area contributed by atoms with Gasteiger partial charge >= 0.3 is 11.9 Å². The van der Waals surface area contributed by atoms with Gasteiger partial charge in [0.25, 0.3) is 0 Å². The molecule has 0 aliphatic carbocycles. The number of esters is 2. The van der Waals surface area contributed by atoms with Crippen LogP contribution in [-0.2, 0) is 14.3 Å². The number of halogens is 2. The second-order valence-electron chi connectivity index (χ2n) is 5.61. The molecule has 132 valence electrons. The highest BCUT2D eigenvalue weighted by Crippen LogP contribution is 2.36. The maximum absolute atomic E-state index is 12.1.